The minimum Gasteiger partial charge on any atom is -0.489 e. The molecular formula is C55H37F2IrN4O4-. The van der Waals surface area contributed by atoms with E-state index in [1.165, 1.54) is 33.8 Å². The number of nitrogens with zero attached hydrogens (tertiary/aromatic N) is 4. The first-order chi connectivity index (χ1) is 31.9. The molecular weight excluding hydrogens is 1010 g/mol. The number of rotatable bonds is 10. The Morgan fingerprint density at radius 2 is 1.03 bits per heavy atom. The summed E-state index contributed by atoms with van der Waals surface area (Å²) in [7, 11) is 0. The summed E-state index contributed by atoms with van der Waals surface area (Å²) in [5.41, 5.74) is 9.00. The van der Waals surface area contributed by atoms with E-state index in [1.54, 1.807) is 30.5 Å². The molecule has 0 saturated carbocycles. The van der Waals surface area contributed by atoms with Crippen LogP contribution in [0.5, 0.6) is 11.5 Å². The monoisotopic (exact) mass is 1050 g/mol. The Kier molecular flexibility index (Phi) is 12.5. The molecule has 1 radical (unpaired) electrons. The average molecular weight is 1050 g/mol. The Balaban J connectivity index is 0.000000493. The van der Waals surface area contributed by atoms with Gasteiger partial charge in [0.15, 0.2) is 0 Å². The third-order valence-electron chi connectivity index (χ3n) is 11.1. The van der Waals surface area contributed by atoms with Gasteiger partial charge < -0.3 is 28.7 Å². The number of hydrogen-bond donors (Lipinski definition) is 1. The Labute approximate surface area is 391 Å². The summed E-state index contributed by atoms with van der Waals surface area (Å²) in [4.78, 5) is 18.0. The van der Waals surface area contributed by atoms with E-state index < -0.39 is 17.6 Å². The summed E-state index contributed by atoms with van der Waals surface area (Å²) in [6.07, 6.45) is 3.02. The van der Waals surface area contributed by atoms with Crippen LogP contribution in [-0.4, -0.2) is 30.2 Å². The van der Waals surface area contributed by atoms with E-state index in [0.29, 0.717) is 23.8 Å². The van der Waals surface area contributed by atoms with Gasteiger partial charge in [0, 0.05) is 77.1 Å². The Morgan fingerprint density at radius 3 is 1.48 bits per heavy atom. The second-order valence-corrected chi connectivity index (χ2v) is 15.3. The number of aromatic carboxylic acids is 1. The second kappa shape index (κ2) is 19.0. The van der Waals surface area contributed by atoms with Crippen LogP contribution in [0.25, 0.3) is 66.2 Å². The van der Waals surface area contributed by atoms with E-state index in [2.05, 4.69) is 140 Å². The zero-order chi connectivity index (χ0) is 44.3. The van der Waals surface area contributed by atoms with Gasteiger partial charge >= 0.3 is 5.97 Å². The predicted octanol–water partition coefficient (Wildman–Crippen LogP) is 13.0. The van der Waals surface area contributed by atoms with E-state index >= 15 is 0 Å². The number of hydrogen-bond acceptors (Lipinski definition) is 5. The molecule has 1 N–H and O–H groups in total. The van der Waals surface area contributed by atoms with Gasteiger partial charge in [-0.15, -0.1) is 12.1 Å². The van der Waals surface area contributed by atoms with Crippen molar-refractivity contribution in [2.75, 3.05) is 0 Å². The van der Waals surface area contributed by atoms with Crippen molar-refractivity contribution in [3.8, 4) is 34.1 Å². The van der Waals surface area contributed by atoms with Crippen molar-refractivity contribution in [3.05, 3.63) is 229 Å². The number of halogens is 2. The molecule has 0 fully saturated rings. The van der Waals surface area contributed by atoms with Gasteiger partial charge in [0.2, 0.25) is 0 Å². The van der Waals surface area contributed by atoms with Crippen molar-refractivity contribution >= 4 is 49.6 Å². The standard InChI is InChI=1S/C49H32F2N3O2.C6H5NO2.Ir/c50-34-17-22-43(44(51)28-34)45-27-32(23-24-52-45)30-55-37-18-20-38(21-19-37)56-31-33-25-35(53-46-13-5-1-9-39(46)40-10-2-6-14-47(40)53)29-36(26-33)54-48-15-7-3-11-41(48)42-12-4-8-16-49(42)54;8-6(9)5-3-1-2-4-7-5;/h1-21,23-29H,30-31H2;1-4H,(H,8,9);/q-1;;. The quantitative estimate of drug-likeness (QED) is 0.137. The fourth-order valence-electron chi connectivity index (χ4n) is 8.20. The SMILES string of the molecule is Fc1c[c-]c(-c2cc(COc3ccc(OCc4cc(-n5c6ccccc6c6ccccc65)cc(-n5c6ccccc6c6ccccc65)c4)cc3)ccn2)c(F)c1.O=C(O)c1ccccn1.[Ir]. The molecule has 8 nitrogen and oxygen atoms in total. The number of carbonyl (C=O) groups is 1. The zero-order valence-electron chi connectivity index (χ0n) is 34.9. The van der Waals surface area contributed by atoms with Crippen LogP contribution in [0.3, 0.4) is 0 Å². The maximum absolute atomic E-state index is 14.4. The molecule has 7 aromatic carbocycles. The molecule has 4 aromatic heterocycles. The van der Waals surface area contributed by atoms with Crippen molar-refractivity contribution in [3.63, 3.8) is 0 Å². The molecule has 11 heteroatoms. The number of para-hydroxylation sites is 4. The number of fused-ring (bicyclic) bond motifs is 6. The van der Waals surface area contributed by atoms with E-state index in [1.807, 2.05) is 24.3 Å². The van der Waals surface area contributed by atoms with Crippen LogP contribution in [-0.2, 0) is 33.3 Å². The van der Waals surface area contributed by atoms with Gasteiger partial charge in [0.05, 0.1) is 22.1 Å². The van der Waals surface area contributed by atoms with Crippen LogP contribution in [0.15, 0.2) is 194 Å². The smallest absolute Gasteiger partial charge is 0.354 e. The van der Waals surface area contributed by atoms with Crippen LogP contribution in [0.1, 0.15) is 21.6 Å². The van der Waals surface area contributed by atoms with Crippen molar-refractivity contribution in [1.29, 1.82) is 0 Å². The number of carboxylic acid groups (broad SMARTS) is 1. The molecule has 325 valence electrons. The molecule has 0 bridgehead atoms. The molecule has 0 aliphatic heterocycles. The van der Waals surface area contributed by atoms with Crippen LogP contribution in [0.2, 0.25) is 0 Å². The van der Waals surface area contributed by atoms with Crippen LogP contribution in [0.4, 0.5) is 8.78 Å². The number of benzene rings is 7. The van der Waals surface area contributed by atoms with E-state index in [-0.39, 0.29) is 38.0 Å². The number of pyridine rings is 2. The summed E-state index contributed by atoms with van der Waals surface area (Å²) < 4.78 is 45.0. The Bertz CT molecular complexity index is 3280. The van der Waals surface area contributed by atoms with Crippen molar-refractivity contribution in [2.24, 2.45) is 0 Å². The normalized spacial score (nSPS) is 11.0. The molecule has 0 spiro atoms. The molecule has 0 amide bonds. The summed E-state index contributed by atoms with van der Waals surface area (Å²) in [5, 5.41) is 13.1. The van der Waals surface area contributed by atoms with Crippen LogP contribution >= 0.6 is 0 Å². The third-order valence-corrected chi connectivity index (χ3v) is 11.1. The third kappa shape index (κ3) is 8.77. The molecule has 11 aromatic rings. The first-order valence-corrected chi connectivity index (χ1v) is 20.8. The first kappa shape index (κ1) is 43.3. The Morgan fingerprint density at radius 1 is 0.545 bits per heavy atom. The second-order valence-electron chi connectivity index (χ2n) is 15.3. The summed E-state index contributed by atoms with van der Waals surface area (Å²) >= 11 is 0. The van der Waals surface area contributed by atoms with Gasteiger partial charge in [0.1, 0.15) is 30.4 Å². The topological polar surface area (TPSA) is 91.4 Å². The molecule has 0 aliphatic carbocycles. The molecule has 0 aliphatic rings. The van der Waals surface area contributed by atoms with Gasteiger partial charge in [-0.25, -0.2) is 9.78 Å². The van der Waals surface area contributed by atoms with Gasteiger partial charge in [-0.3, -0.25) is 8.78 Å². The first-order valence-electron chi connectivity index (χ1n) is 20.8. The van der Waals surface area contributed by atoms with E-state index in [4.69, 9.17) is 14.6 Å². The molecule has 0 saturated heterocycles. The largest absolute Gasteiger partial charge is 0.489 e. The van der Waals surface area contributed by atoms with Crippen LogP contribution in [0, 0.1) is 17.7 Å². The van der Waals surface area contributed by atoms with Crippen molar-refractivity contribution in [2.45, 2.75) is 13.2 Å². The van der Waals surface area contributed by atoms with E-state index in [0.717, 1.165) is 56.7 Å². The summed E-state index contributed by atoms with van der Waals surface area (Å²) in [6.45, 7) is 0.575. The van der Waals surface area contributed by atoms with Gasteiger partial charge in [0.25, 0.3) is 0 Å². The van der Waals surface area contributed by atoms with Gasteiger partial charge in [-0.2, -0.15) is 0 Å². The fourth-order valence-corrected chi connectivity index (χ4v) is 8.20. The average Bonchev–Trinajstić information content (AvgIpc) is 3.87. The number of carboxylic acids is 1. The van der Waals surface area contributed by atoms with Crippen molar-refractivity contribution < 1.29 is 48.3 Å². The van der Waals surface area contributed by atoms with Crippen LogP contribution < -0.4 is 9.47 Å². The summed E-state index contributed by atoms with van der Waals surface area (Å²) in [6, 6.07) is 61.2. The molecule has 0 unspecified atom stereocenters. The minimum atomic E-state index is -0.990. The maximum Gasteiger partial charge on any atom is 0.354 e. The molecule has 11 rings (SSSR count). The number of ether oxygens (including phenoxy) is 2. The molecule has 4 heterocycles. The fraction of sp³-hybridized carbons (Fsp3) is 0.0364. The van der Waals surface area contributed by atoms with Gasteiger partial charge in [-0.05, 0) is 102 Å². The maximum atomic E-state index is 14.4. The summed E-state index contributed by atoms with van der Waals surface area (Å²) in [5.74, 6) is -1.04. The minimum absolute atomic E-state index is 0. The molecule has 66 heavy (non-hydrogen) atoms. The number of aromatic nitrogens is 4. The molecule has 0 atom stereocenters. The van der Waals surface area contributed by atoms with Crippen molar-refractivity contribution in [1.82, 2.24) is 19.1 Å². The zero-order valence-corrected chi connectivity index (χ0v) is 37.3. The van der Waals surface area contributed by atoms with E-state index in [9.17, 15) is 13.6 Å². The Hall–Kier alpha value is -7.98. The van der Waals surface area contributed by atoms with Gasteiger partial charge in [-0.1, -0.05) is 96.6 Å². The predicted molar refractivity (Wildman–Crippen MR) is 250 cm³/mol.